The molecule has 2 fully saturated rings. The highest BCUT2D eigenvalue weighted by Gasteiger charge is 2.27. The summed E-state index contributed by atoms with van der Waals surface area (Å²) in [5.74, 6) is 0.750. The second-order valence-electron chi connectivity index (χ2n) is 22.1. The van der Waals surface area contributed by atoms with Crippen molar-refractivity contribution in [2.24, 2.45) is 17.6 Å². The second-order valence-corrected chi connectivity index (χ2v) is 22.1. The molecule has 3 amide bonds. The van der Waals surface area contributed by atoms with Gasteiger partial charge in [-0.15, -0.1) is 12.4 Å². The molecule has 0 aliphatic heterocycles. The summed E-state index contributed by atoms with van der Waals surface area (Å²) < 4.78 is 49.4. The van der Waals surface area contributed by atoms with Crippen molar-refractivity contribution in [3.05, 3.63) is 213 Å². The molecule has 2 aliphatic carbocycles. The number of hydrogen-bond donors (Lipinski definition) is 6. The summed E-state index contributed by atoms with van der Waals surface area (Å²) in [7, 11) is 3.26. The summed E-state index contributed by atoms with van der Waals surface area (Å²) in [5, 5.41) is 24.6. The first kappa shape index (κ1) is 61.6. The van der Waals surface area contributed by atoms with Crippen LogP contribution in [0.3, 0.4) is 0 Å². The molecule has 19 heteroatoms. The first-order chi connectivity index (χ1) is 39.9. The van der Waals surface area contributed by atoms with Crippen molar-refractivity contribution in [1.82, 2.24) is 35.5 Å². The highest BCUT2D eigenvalue weighted by Crippen LogP contribution is 2.35. The Balaban J connectivity index is 0.000000219. The van der Waals surface area contributed by atoms with Crippen molar-refractivity contribution >= 4 is 41.7 Å². The number of ether oxygens (including phenoxy) is 3. The molecule has 0 bridgehead atoms. The number of rotatable bonds is 21. The van der Waals surface area contributed by atoms with Crippen LogP contribution in [0.4, 0.5) is 25.0 Å². The van der Waals surface area contributed by atoms with Crippen LogP contribution in [0.25, 0.3) is 11.4 Å². The van der Waals surface area contributed by atoms with E-state index in [1.807, 2.05) is 104 Å². The second kappa shape index (κ2) is 27.8. The first-order valence-electron chi connectivity index (χ1n) is 27.9. The van der Waals surface area contributed by atoms with E-state index in [0.29, 0.717) is 46.8 Å². The number of carbonyl (C=O) groups is 3. The minimum absolute atomic E-state index is 0. The molecule has 0 radical (unpaired) electrons. The van der Waals surface area contributed by atoms with E-state index in [4.69, 9.17) is 19.9 Å². The largest absolute Gasteiger partial charge is 0.497 e. The summed E-state index contributed by atoms with van der Waals surface area (Å²) in [4.78, 5) is 39.1. The van der Waals surface area contributed by atoms with Crippen molar-refractivity contribution in [1.29, 1.82) is 0 Å². The molecule has 84 heavy (non-hydrogen) atoms. The molecule has 10 rings (SSSR count). The fourth-order valence-electron chi connectivity index (χ4n) is 9.54. The topological polar surface area (TPSA) is 201 Å². The molecule has 2 saturated carbocycles. The van der Waals surface area contributed by atoms with Crippen LogP contribution in [0.1, 0.15) is 124 Å². The van der Waals surface area contributed by atoms with Crippen LogP contribution in [-0.4, -0.2) is 70.4 Å². The Labute approximate surface area is 495 Å². The molecule has 2 atom stereocenters. The zero-order valence-electron chi connectivity index (χ0n) is 48.3. The number of nitrogens with zero attached hydrogens (tertiary/aromatic N) is 4. The molecule has 16 nitrogen and oxygen atoms in total. The van der Waals surface area contributed by atoms with Crippen LogP contribution in [-0.2, 0) is 17.8 Å². The lowest BCUT2D eigenvalue weighted by Crippen LogP contribution is -2.32. The van der Waals surface area contributed by atoms with Crippen molar-refractivity contribution < 1.29 is 37.4 Å². The van der Waals surface area contributed by atoms with Crippen molar-refractivity contribution in [2.75, 3.05) is 37.9 Å². The van der Waals surface area contributed by atoms with E-state index < -0.39 is 35.1 Å². The smallest absolute Gasteiger partial charge is 0.407 e. The number of benzene rings is 6. The summed E-state index contributed by atoms with van der Waals surface area (Å²) in [6.07, 6.45) is 4.29. The third-order valence-corrected chi connectivity index (χ3v) is 14.1. The quantitative estimate of drug-likeness (QED) is 0.0400. The van der Waals surface area contributed by atoms with E-state index in [9.17, 15) is 18.8 Å². The number of methoxy groups -OCH3 is 2. The predicted octanol–water partition coefficient (Wildman–Crippen LogP) is 12.2. The maximum absolute atomic E-state index is 15.2. The van der Waals surface area contributed by atoms with Crippen LogP contribution < -0.4 is 41.8 Å². The van der Waals surface area contributed by atoms with E-state index in [-0.39, 0.29) is 48.1 Å². The molecule has 440 valence electrons. The molecule has 2 aliphatic rings. The summed E-state index contributed by atoms with van der Waals surface area (Å²) in [5.41, 5.74) is 13.9. The fourth-order valence-corrected chi connectivity index (χ4v) is 9.54. The number of carbonyl (C=O) groups excluding carboxylic acids is 3. The number of alkyl carbamates (subject to hydrolysis) is 1. The maximum Gasteiger partial charge on any atom is 0.407 e. The number of amides is 3. The number of halogens is 3. The molecule has 2 heterocycles. The predicted molar refractivity (Wildman–Crippen MR) is 325 cm³/mol. The Kier molecular flexibility index (Phi) is 20.4. The van der Waals surface area contributed by atoms with Gasteiger partial charge in [0.1, 0.15) is 40.1 Å². The van der Waals surface area contributed by atoms with Gasteiger partial charge in [0.2, 0.25) is 0 Å². The number of hydrogen-bond acceptors (Lipinski definition) is 11. The lowest BCUT2D eigenvalue weighted by Gasteiger charge is -2.21. The third kappa shape index (κ3) is 16.4. The third-order valence-electron chi connectivity index (χ3n) is 14.1. The average molecular weight is 1160 g/mol. The standard InChI is InChI=1S/C35H40FN5O4.C30H32FN5O2.ClH/c1-22-16-31(41(40-22)27-10-6-8-24(17-27)21-38-34(43)45-35(2,3)4)33(42)39-30-19-26(14-15-29(30)36)32(37-20-23-12-13-23)25-9-7-11-28(18-25)44-5;1-19-13-28(36(35-19)24-7-3-5-21(14-24)17-32)30(37)34-27-16-23(11-12-26(27)31)29(33-18-20-9-10-20)22-6-4-8-25(15-22)38-2;/h6-11,14-19,23,32,37H,12-13,20-21H2,1-5H3,(H,38,43)(H,39,42);3-8,11-16,20,29,33H,9-10,17-18,32H2,1-2H3,(H,34,37);1H. The van der Waals surface area contributed by atoms with Gasteiger partial charge in [-0.2, -0.15) is 10.2 Å². The van der Waals surface area contributed by atoms with Gasteiger partial charge < -0.3 is 46.5 Å². The highest BCUT2D eigenvalue weighted by molar-refractivity contribution is 6.04. The van der Waals surface area contributed by atoms with E-state index in [0.717, 1.165) is 58.0 Å². The maximum atomic E-state index is 15.2. The SMILES string of the molecule is COc1cccc(C(NCC2CC2)c2ccc(F)c(NC(=O)c3cc(C)nn3-c3cccc(CN)c3)c2)c1.COc1cccc(C(NCC2CC2)c2ccc(F)c(NC(=O)c3cc(C)nn3-c3cccc(CNC(=O)OC(C)(C)C)c3)c2)c1.Cl. The van der Waals surface area contributed by atoms with Crippen LogP contribution in [0.2, 0.25) is 0 Å². The van der Waals surface area contributed by atoms with Gasteiger partial charge in [-0.05, 0) is 204 Å². The van der Waals surface area contributed by atoms with Gasteiger partial charge in [0.25, 0.3) is 11.8 Å². The molecule has 0 saturated heterocycles. The Morgan fingerprint density at radius 2 is 1.02 bits per heavy atom. The summed E-state index contributed by atoms with van der Waals surface area (Å²) in [6, 6.07) is 43.0. The summed E-state index contributed by atoms with van der Waals surface area (Å²) >= 11 is 0. The van der Waals surface area contributed by atoms with Gasteiger partial charge >= 0.3 is 6.09 Å². The van der Waals surface area contributed by atoms with Crippen LogP contribution >= 0.6 is 12.4 Å². The average Bonchev–Trinajstić information content (AvgIpc) is 4.58. The Bertz CT molecular complexity index is 3590. The van der Waals surface area contributed by atoms with Gasteiger partial charge in [0, 0.05) is 13.1 Å². The lowest BCUT2D eigenvalue weighted by atomic mass is 9.97. The van der Waals surface area contributed by atoms with E-state index in [1.54, 1.807) is 83.0 Å². The zero-order chi connectivity index (χ0) is 58.8. The van der Waals surface area contributed by atoms with E-state index >= 15 is 4.39 Å². The minimum atomic E-state index is -0.608. The molecular weight excluding hydrogens is 1090 g/mol. The van der Waals surface area contributed by atoms with Gasteiger partial charge in [-0.3, -0.25) is 9.59 Å². The molecule has 6 aromatic carbocycles. The number of anilines is 2. The molecule has 2 aromatic heterocycles. The monoisotopic (exact) mass is 1160 g/mol. The Morgan fingerprint density at radius 3 is 1.45 bits per heavy atom. The van der Waals surface area contributed by atoms with E-state index in [2.05, 4.69) is 36.8 Å². The van der Waals surface area contributed by atoms with E-state index in [1.165, 1.54) is 42.5 Å². The number of nitrogens with two attached hydrogens (primary N) is 1. The van der Waals surface area contributed by atoms with Gasteiger partial charge in [0.15, 0.2) is 0 Å². The number of nitrogens with one attached hydrogen (secondary N) is 5. The first-order valence-corrected chi connectivity index (χ1v) is 27.9. The van der Waals surface area contributed by atoms with Crippen molar-refractivity contribution in [2.45, 2.75) is 91.1 Å². The normalized spacial score (nSPS) is 13.5. The fraction of sp³-hybridized carbons (Fsp3) is 0.308. The van der Waals surface area contributed by atoms with Crippen LogP contribution in [0.15, 0.2) is 146 Å². The van der Waals surface area contributed by atoms with Gasteiger partial charge in [-0.25, -0.2) is 22.9 Å². The highest BCUT2D eigenvalue weighted by atomic mass is 35.5. The Hall–Kier alpha value is -8.42. The molecule has 2 unspecified atom stereocenters. The number of aromatic nitrogens is 4. The number of aryl methyl sites for hydroxylation is 2. The summed E-state index contributed by atoms with van der Waals surface area (Å²) in [6.45, 7) is 11.3. The zero-order valence-corrected chi connectivity index (χ0v) is 49.1. The lowest BCUT2D eigenvalue weighted by molar-refractivity contribution is 0.0523. The van der Waals surface area contributed by atoms with Crippen molar-refractivity contribution in [3.63, 3.8) is 0 Å². The molecule has 0 spiro atoms. The molecular formula is C65H73ClF2N10O6. The molecule has 8 aromatic rings. The van der Waals surface area contributed by atoms with Gasteiger partial charge in [-0.1, -0.05) is 60.7 Å². The van der Waals surface area contributed by atoms with Crippen molar-refractivity contribution in [3.8, 4) is 22.9 Å². The van der Waals surface area contributed by atoms with Gasteiger partial charge in [0.05, 0.1) is 60.4 Å². The van der Waals surface area contributed by atoms with Crippen LogP contribution in [0.5, 0.6) is 11.5 Å². The molecule has 7 N–H and O–H groups in total. The minimum Gasteiger partial charge on any atom is -0.497 e. The van der Waals surface area contributed by atoms with Crippen LogP contribution in [0, 0.1) is 37.3 Å². The Morgan fingerprint density at radius 1 is 0.595 bits per heavy atom.